The van der Waals surface area contributed by atoms with Crippen LogP contribution in [0, 0.1) is 20.8 Å². The number of benzene rings is 2. The first-order valence-corrected chi connectivity index (χ1v) is 10.8. The van der Waals surface area contributed by atoms with Gasteiger partial charge in [0.2, 0.25) is 0 Å². The van der Waals surface area contributed by atoms with E-state index in [2.05, 4.69) is 31.8 Å². The summed E-state index contributed by atoms with van der Waals surface area (Å²) in [5.41, 5.74) is 7.72. The summed E-state index contributed by atoms with van der Waals surface area (Å²) < 4.78 is 7.69. The van der Waals surface area contributed by atoms with Gasteiger partial charge in [0.15, 0.2) is 0 Å². The van der Waals surface area contributed by atoms with Gasteiger partial charge < -0.3 is 14.6 Å². The van der Waals surface area contributed by atoms with Gasteiger partial charge in [0.05, 0.1) is 29.6 Å². The number of hydrogen-bond donors (Lipinski definition) is 2. The molecule has 2 aromatic carbocycles. The molecule has 0 radical (unpaired) electrons. The van der Waals surface area contributed by atoms with E-state index < -0.39 is 12.0 Å². The number of aromatic nitrogens is 1. The molecule has 0 bridgehead atoms. The molecule has 0 spiro atoms. The number of nitrogens with one attached hydrogen (secondary N) is 2. The summed E-state index contributed by atoms with van der Waals surface area (Å²) in [6, 6.07) is 11.9. The first-order chi connectivity index (χ1) is 15.2. The van der Waals surface area contributed by atoms with E-state index in [0.29, 0.717) is 22.0 Å². The summed E-state index contributed by atoms with van der Waals surface area (Å²) in [6.07, 6.45) is 1.56. The minimum Gasteiger partial charge on any atom is -0.465 e. The number of hydrazone groups is 1. The number of carbonyl (C=O) groups is 2. The lowest BCUT2D eigenvalue weighted by Crippen LogP contribution is -2.24. The highest BCUT2D eigenvalue weighted by atomic mass is 79.9. The molecule has 32 heavy (non-hydrogen) atoms. The van der Waals surface area contributed by atoms with Crippen LogP contribution in [-0.4, -0.2) is 29.9 Å². The van der Waals surface area contributed by atoms with Crippen molar-refractivity contribution in [1.82, 2.24) is 9.99 Å². The molecule has 1 aromatic heterocycles. The Hall–Kier alpha value is -3.10. The number of amides is 2. The van der Waals surface area contributed by atoms with E-state index in [1.807, 2.05) is 43.5 Å². The number of methoxy groups -OCH3 is 1. The van der Waals surface area contributed by atoms with Crippen molar-refractivity contribution in [1.29, 1.82) is 0 Å². The van der Waals surface area contributed by atoms with Crippen LogP contribution in [0.2, 0.25) is 5.02 Å². The van der Waals surface area contributed by atoms with Crippen LogP contribution >= 0.6 is 27.5 Å². The topological polar surface area (TPSA) is 84.7 Å². The average molecular weight is 518 g/mol. The van der Waals surface area contributed by atoms with Crippen molar-refractivity contribution in [2.75, 3.05) is 12.4 Å². The third-order valence-corrected chi connectivity index (χ3v) is 6.07. The molecule has 9 heteroatoms. The quantitative estimate of drug-likeness (QED) is 0.256. The number of carbonyl (C=O) groups excluding carboxylic acids is 2. The Balaban J connectivity index is 1.78. The van der Waals surface area contributed by atoms with E-state index in [4.69, 9.17) is 16.3 Å². The predicted molar refractivity (Wildman–Crippen MR) is 130 cm³/mol. The Morgan fingerprint density at radius 1 is 1.12 bits per heavy atom. The monoisotopic (exact) mass is 516 g/mol. The summed E-state index contributed by atoms with van der Waals surface area (Å²) >= 11 is 9.83. The highest BCUT2D eigenvalue weighted by Gasteiger charge is 2.15. The van der Waals surface area contributed by atoms with Crippen LogP contribution in [0.3, 0.4) is 0 Å². The van der Waals surface area contributed by atoms with Crippen LogP contribution in [0.25, 0.3) is 5.69 Å². The first kappa shape index (κ1) is 23.6. The fourth-order valence-electron chi connectivity index (χ4n) is 3.26. The van der Waals surface area contributed by atoms with Gasteiger partial charge in [0, 0.05) is 27.1 Å². The molecule has 3 aromatic rings. The van der Waals surface area contributed by atoms with Crippen LogP contribution in [0.5, 0.6) is 0 Å². The maximum absolute atomic E-state index is 12.1. The van der Waals surface area contributed by atoms with Gasteiger partial charge in [-0.2, -0.15) is 5.10 Å². The molecule has 0 aliphatic rings. The number of rotatable bonds is 5. The van der Waals surface area contributed by atoms with Crippen LogP contribution in [0.15, 0.2) is 52.0 Å². The second-order valence-corrected chi connectivity index (χ2v) is 8.37. The number of urea groups is 1. The second kappa shape index (κ2) is 10.0. The van der Waals surface area contributed by atoms with Crippen LogP contribution in [-0.2, 0) is 4.74 Å². The molecule has 0 fully saturated rings. The van der Waals surface area contributed by atoms with Crippen molar-refractivity contribution in [3.63, 3.8) is 0 Å². The molecule has 0 aliphatic carbocycles. The smallest absolute Gasteiger partial charge is 0.339 e. The van der Waals surface area contributed by atoms with E-state index in [1.165, 1.54) is 7.11 Å². The summed E-state index contributed by atoms with van der Waals surface area (Å²) in [7, 11) is 1.33. The van der Waals surface area contributed by atoms with Crippen molar-refractivity contribution in [3.05, 3.63) is 80.0 Å². The zero-order valence-electron chi connectivity index (χ0n) is 18.0. The van der Waals surface area contributed by atoms with E-state index in [-0.39, 0.29) is 0 Å². The number of esters is 1. The average Bonchev–Trinajstić information content (AvgIpc) is 3.03. The lowest BCUT2D eigenvalue weighted by molar-refractivity contribution is 0.0600. The molecule has 0 atom stereocenters. The number of hydrogen-bond acceptors (Lipinski definition) is 4. The lowest BCUT2D eigenvalue weighted by Gasteiger charge is -2.13. The van der Waals surface area contributed by atoms with Crippen molar-refractivity contribution >= 4 is 51.4 Å². The molecule has 0 saturated heterocycles. The highest BCUT2D eigenvalue weighted by molar-refractivity contribution is 9.10. The Labute approximate surface area is 199 Å². The minimum atomic E-state index is -0.453. The van der Waals surface area contributed by atoms with Gasteiger partial charge in [0.1, 0.15) is 0 Å². The van der Waals surface area contributed by atoms with E-state index in [1.54, 1.807) is 30.5 Å². The maximum atomic E-state index is 12.1. The Bertz CT molecular complexity index is 1220. The molecule has 0 unspecified atom stereocenters. The predicted octanol–water partition coefficient (Wildman–Crippen LogP) is 5.76. The van der Waals surface area contributed by atoms with Gasteiger partial charge in [-0.25, -0.2) is 15.0 Å². The number of aryl methyl sites for hydroxylation is 2. The fraction of sp³-hybridized carbons (Fsp3) is 0.174. The van der Waals surface area contributed by atoms with Crippen molar-refractivity contribution in [3.8, 4) is 5.69 Å². The van der Waals surface area contributed by atoms with Crippen LogP contribution in [0.4, 0.5) is 10.5 Å². The Kier molecular flexibility index (Phi) is 7.37. The van der Waals surface area contributed by atoms with Gasteiger partial charge >= 0.3 is 12.0 Å². The van der Waals surface area contributed by atoms with Gasteiger partial charge in [-0.05, 0) is 68.8 Å². The molecule has 2 N–H and O–H groups in total. The second-order valence-electron chi connectivity index (χ2n) is 7.11. The number of anilines is 1. The molecule has 0 aliphatic heterocycles. The van der Waals surface area contributed by atoms with Crippen molar-refractivity contribution < 1.29 is 14.3 Å². The fourth-order valence-corrected chi connectivity index (χ4v) is 3.71. The molecule has 7 nitrogen and oxygen atoms in total. The molecular weight excluding hydrogens is 496 g/mol. The van der Waals surface area contributed by atoms with E-state index >= 15 is 0 Å². The number of halogens is 2. The summed E-state index contributed by atoms with van der Waals surface area (Å²) in [5, 5.41) is 7.27. The van der Waals surface area contributed by atoms with Gasteiger partial charge in [0.25, 0.3) is 0 Å². The van der Waals surface area contributed by atoms with Crippen molar-refractivity contribution in [2.45, 2.75) is 20.8 Å². The molecule has 2 amide bonds. The van der Waals surface area contributed by atoms with Crippen molar-refractivity contribution in [2.24, 2.45) is 5.10 Å². The zero-order valence-corrected chi connectivity index (χ0v) is 20.3. The molecule has 166 valence electrons. The maximum Gasteiger partial charge on any atom is 0.339 e. The standard InChI is InChI=1S/C23H22BrClN4O3/c1-13-9-18(6-7-19(13)24)27-23(31)28-26-12-17-10-14(2)29(15(17)3)21-11-16(22(30)32-4)5-8-20(21)25/h5-12H,1-4H3,(H2,27,28,31)/b26-12+. The Morgan fingerprint density at radius 3 is 2.56 bits per heavy atom. The third-order valence-electron chi connectivity index (χ3n) is 4.86. The minimum absolute atomic E-state index is 0.399. The molecule has 3 rings (SSSR count). The summed E-state index contributed by atoms with van der Waals surface area (Å²) in [5.74, 6) is -0.441. The summed E-state index contributed by atoms with van der Waals surface area (Å²) in [4.78, 5) is 24.0. The van der Waals surface area contributed by atoms with Gasteiger partial charge in [-0.1, -0.05) is 27.5 Å². The Morgan fingerprint density at radius 2 is 1.88 bits per heavy atom. The number of nitrogens with zero attached hydrogens (tertiary/aromatic N) is 2. The third kappa shape index (κ3) is 5.20. The zero-order chi connectivity index (χ0) is 23.4. The largest absolute Gasteiger partial charge is 0.465 e. The summed E-state index contributed by atoms with van der Waals surface area (Å²) in [6.45, 7) is 5.76. The molecule has 1 heterocycles. The van der Waals surface area contributed by atoms with Crippen LogP contribution in [0.1, 0.15) is 32.9 Å². The van der Waals surface area contributed by atoms with E-state index in [0.717, 1.165) is 27.0 Å². The molecular formula is C23H22BrClN4O3. The lowest BCUT2D eigenvalue weighted by atomic mass is 10.2. The molecule has 0 saturated carbocycles. The van der Waals surface area contributed by atoms with Gasteiger partial charge in [-0.15, -0.1) is 0 Å². The normalized spacial score (nSPS) is 10.9. The first-order valence-electron chi connectivity index (χ1n) is 9.64. The van der Waals surface area contributed by atoms with Gasteiger partial charge in [-0.3, -0.25) is 0 Å². The highest BCUT2D eigenvalue weighted by Crippen LogP contribution is 2.27. The SMILES string of the molecule is COC(=O)c1ccc(Cl)c(-n2c(C)cc(/C=N/NC(=O)Nc3ccc(Br)c(C)c3)c2C)c1. The number of ether oxygens (including phenoxy) is 1. The van der Waals surface area contributed by atoms with Crippen LogP contribution < -0.4 is 10.7 Å². The van der Waals surface area contributed by atoms with E-state index in [9.17, 15) is 9.59 Å².